The van der Waals surface area contributed by atoms with Crippen LogP contribution in [0.1, 0.15) is 68.2 Å². The molecule has 0 spiro atoms. The zero-order valence-electron chi connectivity index (χ0n) is 24.3. The van der Waals surface area contributed by atoms with Crippen LogP contribution in [-0.4, -0.2) is 71.3 Å². The number of carbonyl (C=O) groups is 5. The Hall–Kier alpha value is -3.42. The molecule has 2 rings (SSSR count). The number of hydrogen-bond acceptors (Lipinski definition) is 7. The second-order valence-corrected chi connectivity index (χ2v) is 13.0. The van der Waals surface area contributed by atoms with Crippen molar-refractivity contribution in [1.82, 2.24) is 20.9 Å². The second kappa shape index (κ2) is 11.8. The van der Waals surface area contributed by atoms with Gasteiger partial charge in [-0.25, -0.2) is 4.79 Å². The molecule has 0 aromatic heterocycles. The number of Topliss-reactive ketones (excluding diaryl/α,β-unsaturated/α-hetero) is 1. The van der Waals surface area contributed by atoms with Crippen LogP contribution in [0.25, 0.3) is 0 Å². The lowest BCUT2D eigenvalue weighted by Gasteiger charge is -2.38. The average Bonchev–Trinajstić information content (AvgIpc) is 3.14. The molecule has 4 amide bonds. The smallest absolute Gasteiger partial charge is 0.408 e. The minimum atomic E-state index is -1.15. The second-order valence-electron chi connectivity index (χ2n) is 13.0. The Balaban J connectivity index is 2.32. The van der Waals surface area contributed by atoms with E-state index in [1.165, 1.54) is 4.90 Å². The normalized spacial score (nSPS) is 22.8. The number of nitriles is 1. The molecule has 2 aliphatic rings. The highest BCUT2D eigenvalue weighted by molar-refractivity contribution is 6.38. The number of rotatable bonds is 10. The number of allylic oxidation sites excluding steroid dienone is 1. The molecule has 216 valence electrons. The third-order valence-electron chi connectivity index (χ3n) is 7.38. The summed E-state index contributed by atoms with van der Waals surface area (Å²) in [7, 11) is 0. The van der Waals surface area contributed by atoms with E-state index in [0.717, 1.165) is 0 Å². The van der Waals surface area contributed by atoms with Crippen LogP contribution in [0.4, 0.5) is 4.79 Å². The molecule has 39 heavy (non-hydrogen) atoms. The van der Waals surface area contributed by atoms with Gasteiger partial charge in [-0.05, 0) is 56.3 Å². The lowest BCUT2D eigenvalue weighted by molar-refractivity contribution is -0.145. The van der Waals surface area contributed by atoms with Crippen molar-refractivity contribution >= 4 is 29.6 Å². The van der Waals surface area contributed by atoms with Gasteiger partial charge in [0.15, 0.2) is 0 Å². The number of ketones is 1. The van der Waals surface area contributed by atoms with Crippen LogP contribution in [0.15, 0.2) is 12.7 Å². The number of nitrogens with zero attached hydrogens (tertiary/aromatic N) is 2. The summed E-state index contributed by atoms with van der Waals surface area (Å²) in [6.45, 7) is 18.3. The minimum Gasteiger partial charge on any atom is -0.444 e. The number of carbonyl (C=O) groups excluding carboxylic acids is 5. The van der Waals surface area contributed by atoms with E-state index >= 15 is 0 Å². The van der Waals surface area contributed by atoms with Crippen molar-refractivity contribution in [3.8, 4) is 6.07 Å². The highest BCUT2D eigenvalue weighted by Crippen LogP contribution is 2.65. The molecule has 1 aliphatic heterocycles. The van der Waals surface area contributed by atoms with Crippen LogP contribution >= 0.6 is 0 Å². The van der Waals surface area contributed by atoms with Crippen molar-refractivity contribution < 1.29 is 28.7 Å². The van der Waals surface area contributed by atoms with Crippen LogP contribution in [-0.2, 0) is 23.9 Å². The van der Waals surface area contributed by atoms with Gasteiger partial charge in [0.05, 0.1) is 12.1 Å². The number of nitrogens with one attached hydrogen (secondary N) is 3. The summed E-state index contributed by atoms with van der Waals surface area (Å²) in [5.74, 6) is -2.88. The average molecular weight is 546 g/mol. The molecule has 5 unspecified atom stereocenters. The first kappa shape index (κ1) is 31.8. The van der Waals surface area contributed by atoms with E-state index in [9.17, 15) is 24.0 Å². The zero-order valence-corrected chi connectivity index (χ0v) is 24.3. The van der Waals surface area contributed by atoms with Crippen molar-refractivity contribution in [2.24, 2.45) is 22.7 Å². The van der Waals surface area contributed by atoms with Gasteiger partial charge in [0.2, 0.25) is 17.6 Å². The summed E-state index contributed by atoms with van der Waals surface area (Å²) < 4.78 is 5.38. The van der Waals surface area contributed by atoms with Crippen molar-refractivity contribution in [3.05, 3.63) is 12.7 Å². The van der Waals surface area contributed by atoms with Gasteiger partial charge in [-0.15, -0.1) is 6.58 Å². The summed E-state index contributed by atoms with van der Waals surface area (Å²) in [6.07, 6.45) is 1.33. The van der Waals surface area contributed by atoms with E-state index in [1.54, 1.807) is 32.9 Å². The van der Waals surface area contributed by atoms with E-state index < -0.39 is 58.7 Å². The van der Waals surface area contributed by atoms with Crippen LogP contribution in [0, 0.1) is 34.0 Å². The molecule has 1 heterocycles. The molecule has 11 nitrogen and oxygen atoms in total. The maximum Gasteiger partial charge on any atom is 0.408 e. The Morgan fingerprint density at radius 3 is 2.26 bits per heavy atom. The number of piperidine rings is 1. The summed E-state index contributed by atoms with van der Waals surface area (Å²) in [4.78, 5) is 66.7. The van der Waals surface area contributed by atoms with Crippen LogP contribution in [0.5, 0.6) is 0 Å². The monoisotopic (exact) mass is 545 g/mol. The van der Waals surface area contributed by atoms with Crippen molar-refractivity contribution in [3.63, 3.8) is 0 Å². The SMILES string of the molecule is C=CCCC(NC(=O)C1C2C(CN1C(=O)C(NC(=O)OC(C)(C)C)C(C)(C)C)C2(C)C)C(=O)C(=O)NCC#N. The maximum absolute atomic E-state index is 13.9. The molecule has 0 radical (unpaired) electrons. The fourth-order valence-electron chi connectivity index (χ4n) is 5.23. The number of alkyl carbamates (subject to hydrolysis) is 1. The Morgan fingerprint density at radius 1 is 1.13 bits per heavy atom. The Morgan fingerprint density at radius 2 is 1.74 bits per heavy atom. The number of fused-ring (bicyclic) bond motifs is 1. The molecule has 3 N–H and O–H groups in total. The van der Waals surface area contributed by atoms with Gasteiger partial charge < -0.3 is 25.6 Å². The van der Waals surface area contributed by atoms with E-state index in [-0.39, 0.29) is 30.2 Å². The van der Waals surface area contributed by atoms with Crippen molar-refractivity contribution in [2.45, 2.75) is 92.0 Å². The molecular weight excluding hydrogens is 502 g/mol. The first-order valence-electron chi connectivity index (χ1n) is 13.3. The topological polar surface area (TPSA) is 158 Å². The van der Waals surface area contributed by atoms with E-state index in [0.29, 0.717) is 13.0 Å². The van der Waals surface area contributed by atoms with E-state index in [4.69, 9.17) is 10.00 Å². The molecule has 0 aromatic carbocycles. The molecule has 1 saturated carbocycles. The quantitative estimate of drug-likeness (QED) is 0.215. The Kier molecular flexibility index (Phi) is 9.59. The van der Waals surface area contributed by atoms with Gasteiger partial charge in [0.1, 0.15) is 24.2 Å². The molecule has 5 atom stereocenters. The molecule has 1 saturated heterocycles. The molecule has 11 heteroatoms. The largest absolute Gasteiger partial charge is 0.444 e. The number of ether oxygens (including phenoxy) is 1. The summed E-state index contributed by atoms with van der Waals surface area (Å²) >= 11 is 0. The third kappa shape index (κ3) is 7.58. The third-order valence-corrected chi connectivity index (χ3v) is 7.38. The maximum atomic E-state index is 13.9. The van der Waals surface area contributed by atoms with Crippen LogP contribution < -0.4 is 16.0 Å². The number of amides is 4. The minimum absolute atomic E-state index is 0.0700. The number of likely N-dealkylation sites (tertiary alicyclic amines) is 1. The molecule has 1 aliphatic carbocycles. The fraction of sp³-hybridized carbons (Fsp3) is 0.714. The van der Waals surface area contributed by atoms with Gasteiger partial charge in [0, 0.05) is 6.54 Å². The Bertz CT molecular complexity index is 1050. The molecule has 2 fully saturated rings. The van der Waals surface area contributed by atoms with Crippen LogP contribution in [0.3, 0.4) is 0 Å². The van der Waals surface area contributed by atoms with Crippen molar-refractivity contribution in [2.75, 3.05) is 13.1 Å². The Labute approximate surface area is 231 Å². The first-order valence-corrected chi connectivity index (χ1v) is 13.3. The van der Waals surface area contributed by atoms with Gasteiger partial charge in [-0.3, -0.25) is 19.2 Å². The van der Waals surface area contributed by atoms with Gasteiger partial charge in [0.25, 0.3) is 5.91 Å². The zero-order chi connectivity index (χ0) is 29.9. The van der Waals surface area contributed by atoms with E-state index in [2.05, 4.69) is 22.5 Å². The summed E-state index contributed by atoms with van der Waals surface area (Å²) in [5.41, 5.74) is -1.65. The summed E-state index contributed by atoms with van der Waals surface area (Å²) in [5, 5.41) is 16.3. The van der Waals surface area contributed by atoms with Crippen molar-refractivity contribution in [1.29, 1.82) is 5.26 Å². The lowest BCUT2D eigenvalue weighted by atomic mass is 9.85. The van der Waals surface area contributed by atoms with Crippen LogP contribution in [0.2, 0.25) is 0 Å². The highest BCUT2D eigenvalue weighted by Gasteiger charge is 2.70. The van der Waals surface area contributed by atoms with Gasteiger partial charge in [-0.2, -0.15) is 5.26 Å². The lowest BCUT2D eigenvalue weighted by Crippen LogP contribution is -2.60. The fourth-order valence-corrected chi connectivity index (χ4v) is 5.23. The number of hydrogen-bond donors (Lipinski definition) is 3. The van der Waals surface area contributed by atoms with E-state index in [1.807, 2.05) is 34.6 Å². The summed E-state index contributed by atoms with van der Waals surface area (Å²) in [6, 6.07) is -1.27. The predicted octanol–water partition coefficient (Wildman–Crippen LogP) is 2.07. The highest BCUT2D eigenvalue weighted by atomic mass is 16.6. The van der Waals surface area contributed by atoms with Gasteiger partial charge >= 0.3 is 6.09 Å². The van der Waals surface area contributed by atoms with Gasteiger partial charge in [-0.1, -0.05) is 40.7 Å². The predicted molar refractivity (Wildman–Crippen MR) is 144 cm³/mol. The molecule has 0 aromatic rings. The first-order chi connectivity index (χ1) is 17.9. The molecule has 0 bridgehead atoms. The molecular formula is C28H43N5O6. The standard InChI is InChI=1S/C28H43N5O6/c1-10-11-12-17(20(34)23(36)30-14-13-29)31-22(35)19-18-16(28(18,8)9)15-33(19)24(37)21(26(2,3)4)32-25(38)39-27(5,6)7/h10,16-19,21H,1,11-12,14-15H2,2-9H3,(H,30,36)(H,31,35)(H,32,38).